The van der Waals surface area contributed by atoms with Crippen LogP contribution in [0.25, 0.3) is 0 Å². The van der Waals surface area contributed by atoms with Crippen molar-refractivity contribution in [2.24, 2.45) is 5.41 Å². The van der Waals surface area contributed by atoms with E-state index in [-0.39, 0.29) is 10.3 Å². The minimum Gasteiger partial charge on any atom is -0.318 e. The molecule has 1 N–H and O–H groups in total. The molecule has 1 rings (SSSR count). The molecule has 0 aliphatic rings. The van der Waals surface area contributed by atoms with Gasteiger partial charge >= 0.3 is 0 Å². The van der Waals surface area contributed by atoms with Gasteiger partial charge in [-0.2, -0.15) is 5.10 Å². The monoisotopic (exact) mass is 288 g/mol. The second-order valence-corrected chi connectivity index (χ2v) is 7.91. The summed E-state index contributed by atoms with van der Waals surface area (Å²) in [6, 6.07) is 0. The first kappa shape index (κ1) is 16.1. The highest BCUT2D eigenvalue weighted by atomic mass is 32.2. The Kier molecular flexibility index (Phi) is 5.11. The molecule has 0 radical (unpaired) electrons. The summed E-state index contributed by atoms with van der Waals surface area (Å²) in [6.45, 7) is 7.89. The van der Waals surface area contributed by atoms with Crippen LogP contribution in [-0.2, 0) is 16.6 Å². The third kappa shape index (κ3) is 4.59. The lowest BCUT2D eigenvalue weighted by Gasteiger charge is -2.25. The zero-order chi connectivity index (χ0) is 14.7. The summed E-state index contributed by atoms with van der Waals surface area (Å²) in [5, 5.41) is 7.07. The Hall–Kier alpha value is -0.920. The SMILES string of the molecule is CNCCn1cc(S(=O)(=O)N(C)CC(C)(C)C)cn1. The van der Waals surface area contributed by atoms with Gasteiger partial charge in [-0.25, -0.2) is 12.7 Å². The summed E-state index contributed by atoms with van der Waals surface area (Å²) in [6.07, 6.45) is 2.98. The molecule has 0 unspecified atom stereocenters. The fourth-order valence-corrected chi connectivity index (χ4v) is 3.11. The standard InChI is InChI=1S/C12H24N4O2S/c1-12(2,3)10-15(5)19(17,18)11-8-14-16(9-11)7-6-13-4/h8-9,13H,6-7,10H2,1-5H3. The molecule has 7 heteroatoms. The molecular weight excluding hydrogens is 264 g/mol. The average molecular weight is 288 g/mol. The lowest BCUT2D eigenvalue weighted by atomic mass is 9.97. The van der Waals surface area contributed by atoms with E-state index < -0.39 is 10.0 Å². The molecular formula is C12H24N4O2S. The molecule has 1 aromatic rings. The first-order valence-electron chi connectivity index (χ1n) is 6.30. The number of hydrogen-bond donors (Lipinski definition) is 1. The van der Waals surface area contributed by atoms with Crippen LogP contribution in [0, 0.1) is 5.41 Å². The Morgan fingerprint density at radius 3 is 2.58 bits per heavy atom. The van der Waals surface area contributed by atoms with Gasteiger partial charge < -0.3 is 5.32 Å². The Labute approximate surface area is 115 Å². The molecule has 1 heterocycles. The van der Waals surface area contributed by atoms with Crippen molar-refractivity contribution in [2.45, 2.75) is 32.2 Å². The minimum absolute atomic E-state index is 0.0794. The number of aromatic nitrogens is 2. The van der Waals surface area contributed by atoms with Crippen LogP contribution in [0.2, 0.25) is 0 Å². The molecule has 110 valence electrons. The summed E-state index contributed by atoms with van der Waals surface area (Å²) in [5.41, 5.74) is -0.0794. The summed E-state index contributed by atoms with van der Waals surface area (Å²) < 4.78 is 27.7. The van der Waals surface area contributed by atoms with Crippen molar-refractivity contribution in [2.75, 3.05) is 27.2 Å². The Bertz CT molecular complexity index is 502. The number of rotatable bonds is 6. The third-order valence-corrected chi connectivity index (χ3v) is 4.36. The van der Waals surface area contributed by atoms with Crippen molar-refractivity contribution in [1.82, 2.24) is 19.4 Å². The van der Waals surface area contributed by atoms with E-state index in [0.29, 0.717) is 13.1 Å². The molecule has 0 bridgehead atoms. The van der Waals surface area contributed by atoms with E-state index in [4.69, 9.17) is 0 Å². The maximum Gasteiger partial charge on any atom is 0.245 e. The van der Waals surface area contributed by atoms with Crippen LogP contribution in [0.3, 0.4) is 0 Å². The lowest BCUT2D eigenvalue weighted by Crippen LogP contribution is -2.34. The number of hydrogen-bond acceptors (Lipinski definition) is 4. The van der Waals surface area contributed by atoms with Gasteiger partial charge in [0, 0.05) is 26.3 Å². The maximum atomic E-state index is 12.4. The number of likely N-dealkylation sites (N-methyl/N-ethyl adjacent to an activating group) is 1. The molecule has 6 nitrogen and oxygen atoms in total. The molecule has 0 aliphatic heterocycles. The molecule has 0 aromatic carbocycles. The van der Waals surface area contributed by atoms with Crippen molar-refractivity contribution in [3.8, 4) is 0 Å². The zero-order valence-corrected chi connectivity index (χ0v) is 13.2. The average Bonchev–Trinajstić information content (AvgIpc) is 2.73. The molecule has 0 saturated heterocycles. The third-order valence-electron chi connectivity index (χ3n) is 2.61. The van der Waals surface area contributed by atoms with Gasteiger partial charge in [0.1, 0.15) is 4.90 Å². The minimum atomic E-state index is -3.45. The Balaban J connectivity index is 2.85. The van der Waals surface area contributed by atoms with E-state index in [1.165, 1.54) is 10.5 Å². The van der Waals surface area contributed by atoms with Crippen molar-refractivity contribution < 1.29 is 8.42 Å². The van der Waals surface area contributed by atoms with E-state index in [1.807, 2.05) is 27.8 Å². The normalized spacial score (nSPS) is 13.2. The van der Waals surface area contributed by atoms with E-state index in [1.54, 1.807) is 17.9 Å². The molecule has 0 spiro atoms. The van der Waals surface area contributed by atoms with Gasteiger partial charge in [-0.3, -0.25) is 4.68 Å². The van der Waals surface area contributed by atoms with E-state index in [2.05, 4.69) is 10.4 Å². The molecule has 0 saturated carbocycles. The van der Waals surface area contributed by atoms with Crippen molar-refractivity contribution in [3.05, 3.63) is 12.4 Å². The van der Waals surface area contributed by atoms with Crippen molar-refractivity contribution >= 4 is 10.0 Å². The van der Waals surface area contributed by atoms with Crippen molar-refractivity contribution in [1.29, 1.82) is 0 Å². The highest BCUT2D eigenvalue weighted by Crippen LogP contribution is 2.20. The number of nitrogens with one attached hydrogen (secondary N) is 1. The molecule has 19 heavy (non-hydrogen) atoms. The van der Waals surface area contributed by atoms with Crippen molar-refractivity contribution in [3.63, 3.8) is 0 Å². The van der Waals surface area contributed by atoms with Crippen LogP contribution in [0.1, 0.15) is 20.8 Å². The van der Waals surface area contributed by atoms with Gasteiger partial charge in [0.05, 0.1) is 12.7 Å². The molecule has 0 fully saturated rings. The largest absolute Gasteiger partial charge is 0.318 e. The van der Waals surface area contributed by atoms with Crippen LogP contribution in [0.5, 0.6) is 0 Å². The highest BCUT2D eigenvalue weighted by molar-refractivity contribution is 7.89. The summed E-state index contributed by atoms with van der Waals surface area (Å²) >= 11 is 0. The van der Waals surface area contributed by atoms with Crippen LogP contribution >= 0.6 is 0 Å². The van der Waals surface area contributed by atoms with Gasteiger partial charge in [-0.05, 0) is 12.5 Å². The van der Waals surface area contributed by atoms with E-state index >= 15 is 0 Å². The first-order chi connectivity index (χ1) is 8.66. The highest BCUT2D eigenvalue weighted by Gasteiger charge is 2.26. The second kappa shape index (κ2) is 6.02. The van der Waals surface area contributed by atoms with Crippen LogP contribution in [0.15, 0.2) is 17.3 Å². The Morgan fingerprint density at radius 1 is 1.42 bits per heavy atom. The summed E-state index contributed by atoms with van der Waals surface area (Å²) in [4.78, 5) is 0.246. The van der Waals surface area contributed by atoms with Crippen LogP contribution < -0.4 is 5.32 Å². The quantitative estimate of drug-likeness (QED) is 0.839. The number of sulfonamides is 1. The van der Waals surface area contributed by atoms with E-state index in [9.17, 15) is 8.42 Å². The summed E-state index contributed by atoms with van der Waals surface area (Å²) in [5.74, 6) is 0. The molecule has 0 amide bonds. The number of nitrogens with zero attached hydrogens (tertiary/aromatic N) is 3. The maximum absolute atomic E-state index is 12.4. The predicted molar refractivity (Wildman–Crippen MR) is 75.4 cm³/mol. The topological polar surface area (TPSA) is 67.2 Å². The van der Waals surface area contributed by atoms with Crippen LogP contribution in [-0.4, -0.2) is 49.7 Å². The lowest BCUT2D eigenvalue weighted by molar-refractivity contribution is 0.311. The molecule has 0 atom stereocenters. The zero-order valence-electron chi connectivity index (χ0n) is 12.3. The van der Waals surface area contributed by atoms with Crippen LogP contribution in [0.4, 0.5) is 0 Å². The fourth-order valence-electron chi connectivity index (χ4n) is 1.76. The van der Waals surface area contributed by atoms with Gasteiger partial charge in [0.25, 0.3) is 0 Å². The van der Waals surface area contributed by atoms with E-state index in [0.717, 1.165) is 6.54 Å². The summed E-state index contributed by atoms with van der Waals surface area (Å²) in [7, 11) is 0.00141. The van der Waals surface area contributed by atoms with Gasteiger partial charge in [0.2, 0.25) is 10.0 Å². The first-order valence-corrected chi connectivity index (χ1v) is 7.74. The fraction of sp³-hybridized carbons (Fsp3) is 0.750. The van der Waals surface area contributed by atoms with Gasteiger partial charge in [-0.1, -0.05) is 20.8 Å². The predicted octanol–water partition coefficient (Wildman–Crippen LogP) is 0.769. The van der Waals surface area contributed by atoms with Gasteiger partial charge in [0.15, 0.2) is 0 Å². The van der Waals surface area contributed by atoms with Gasteiger partial charge in [-0.15, -0.1) is 0 Å². The smallest absolute Gasteiger partial charge is 0.245 e. The Morgan fingerprint density at radius 2 is 2.05 bits per heavy atom. The molecule has 1 aromatic heterocycles. The molecule has 0 aliphatic carbocycles. The second-order valence-electron chi connectivity index (χ2n) is 5.86.